The van der Waals surface area contributed by atoms with Crippen molar-refractivity contribution in [3.8, 4) is 11.6 Å². The van der Waals surface area contributed by atoms with Crippen LogP contribution in [0.4, 0.5) is 21.7 Å². The number of nitrogens with zero attached hydrogens (tertiary/aromatic N) is 5. The molecule has 0 radical (unpaired) electrons. The summed E-state index contributed by atoms with van der Waals surface area (Å²) in [4.78, 5) is 30.3. The number of rotatable bonds is 6. The lowest BCUT2D eigenvalue weighted by molar-refractivity contribution is -0.387. The van der Waals surface area contributed by atoms with Gasteiger partial charge in [-0.15, -0.1) is 0 Å². The molecule has 0 aliphatic carbocycles. The van der Waals surface area contributed by atoms with Gasteiger partial charge in [0.1, 0.15) is 5.75 Å². The van der Waals surface area contributed by atoms with Crippen LogP contribution in [0.1, 0.15) is 42.4 Å². The van der Waals surface area contributed by atoms with E-state index >= 15 is 0 Å². The van der Waals surface area contributed by atoms with Crippen molar-refractivity contribution in [2.24, 2.45) is 0 Å². The first kappa shape index (κ1) is 21.8. The number of nitro groups is 1. The zero-order valence-electron chi connectivity index (χ0n) is 17.6. The van der Waals surface area contributed by atoms with Crippen LogP contribution >= 0.6 is 0 Å². The van der Waals surface area contributed by atoms with Crippen LogP contribution in [0.15, 0.2) is 24.5 Å². The molecule has 162 valence electrons. The highest BCUT2D eigenvalue weighted by Crippen LogP contribution is 2.33. The second kappa shape index (κ2) is 8.09. The van der Waals surface area contributed by atoms with Gasteiger partial charge < -0.3 is 10.1 Å². The van der Waals surface area contributed by atoms with E-state index in [1.165, 1.54) is 18.0 Å². The minimum atomic E-state index is -1.02. The van der Waals surface area contributed by atoms with E-state index in [2.05, 4.69) is 20.4 Å². The summed E-state index contributed by atoms with van der Waals surface area (Å²) in [5.74, 6) is -0.483. The second-order valence-corrected chi connectivity index (χ2v) is 7.83. The maximum absolute atomic E-state index is 13.9. The summed E-state index contributed by atoms with van der Waals surface area (Å²) in [6.07, 6.45) is 3.85. The number of hydrogen-bond donors (Lipinski definition) is 1. The van der Waals surface area contributed by atoms with Crippen LogP contribution in [-0.4, -0.2) is 38.1 Å². The Morgan fingerprint density at radius 2 is 2.03 bits per heavy atom. The average Bonchev–Trinajstić information content (AvgIpc) is 3.15. The lowest BCUT2D eigenvalue weighted by Gasteiger charge is -2.15. The van der Waals surface area contributed by atoms with Crippen LogP contribution in [0.2, 0.25) is 0 Å². The molecule has 3 aromatic rings. The van der Waals surface area contributed by atoms with Gasteiger partial charge in [0.2, 0.25) is 11.8 Å². The van der Waals surface area contributed by atoms with Crippen molar-refractivity contribution in [2.75, 3.05) is 12.4 Å². The first-order valence-corrected chi connectivity index (χ1v) is 9.23. The molecule has 0 saturated carbocycles. The fraction of sp³-hybridized carbons (Fsp3) is 0.300. The fourth-order valence-electron chi connectivity index (χ4n) is 2.96. The molecule has 2 aromatic heterocycles. The summed E-state index contributed by atoms with van der Waals surface area (Å²) in [7, 11) is 1.31. The summed E-state index contributed by atoms with van der Waals surface area (Å²) in [5.41, 5.74) is 0.789. The molecular formula is C20H21FN6O4. The first-order chi connectivity index (χ1) is 14.5. The lowest BCUT2D eigenvalue weighted by Crippen LogP contribution is -2.15. The first-order valence-electron chi connectivity index (χ1n) is 9.23. The Labute approximate surface area is 177 Å². The highest BCUT2D eigenvalue weighted by Gasteiger charge is 2.24. The van der Waals surface area contributed by atoms with Crippen LogP contribution < -0.4 is 10.1 Å². The number of halogens is 1. The predicted molar refractivity (Wildman–Crippen MR) is 111 cm³/mol. The van der Waals surface area contributed by atoms with Gasteiger partial charge in [-0.3, -0.25) is 14.9 Å². The van der Waals surface area contributed by atoms with Crippen molar-refractivity contribution < 1.29 is 18.8 Å². The third-order valence-corrected chi connectivity index (χ3v) is 4.45. The van der Waals surface area contributed by atoms with Gasteiger partial charge >= 0.3 is 5.69 Å². The van der Waals surface area contributed by atoms with Gasteiger partial charge in [0.05, 0.1) is 29.0 Å². The SMILES string of the molecule is COc1cc(F)c([N+](=O)[O-])cc1Nc1ncc(C)c(-n2cc(C=O)c(C(C)(C)C)n2)n1. The molecule has 10 nitrogen and oxygen atoms in total. The molecule has 0 amide bonds. The summed E-state index contributed by atoms with van der Waals surface area (Å²) in [5, 5.41) is 18.4. The molecule has 3 rings (SSSR count). The summed E-state index contributed by atoms with van der Waals surface area (Å²) in [6, 6.07) is 1.92. The molecular weight excluding hydrogens is 407 g/mol. The van der Waals surface area contributed by atoms with Crippen molar-refractivity contribution in [3.05, 3.63) is 57.3 Å². The van der Waals surface area contributed by atoms with E-state index in [0.717, 1.165) is 18.4 Å². The Bertz CT molecular complexity index is 1170. The summed E-state index contributed by atoms with van der Waals surface area (Å²) < 4.78 is 20.5. The number of hydrogen-bond acceptors (Lipinski definition) is 8. The van der Waals surface area contributed by atoms with Crippen molar-refractivity contribution in [1.29, 1.82) is 0 Å². The number of aldehydes is 1. The molecule has 0 aliphatic heterocycles. The van der Waals surface area contributed by atoms with E-state index < -0.39 is 16.4 Å². The van der Waals surface area contributed by atoms with Crippen molar-refractivity contribution in [1.82, 2.24) is 19.7 Å². The molecule has 0 bridgehead atoms. The zero-order chi connectivity index (χ0) is 22.9. The Hall–Kier alpha value is -3.89. The minimum absolute atomic E-state index is 0.0474. The Kier molecular flexibility index (Phi) is 5.69. The standard InChI is InChI=1S/C20H21FN6O4/c1-11-8-22-19(23-14-7-15(27(29)30)13(21)6-16(14)31-5)24-18(11)26-9-12(10-28)17(25-26)20(2,3)4/h6-10H,1-5H3,(H,22,23,24). The molecule has 31 heavy (non-hydrogen) atoms. The van der Waals surface area contributed by atoms with Crippen molar-refractivity contribution >= 4 is 23.6 Å². The second-order valence-electron chi connectivity index (χ2n) is 7.83. The number of ether oxygens (including phenoxy) is 1. The molecule has 0 aliphatic rings. The van der Waals surface area contributed by atoms with E-state index in [1.807, 2.05) is 20.8 Å². The molecule has 0 saturated heterocycles. The Morgan fingerprint density at radius 1 is 1.32 bits per heavy atom. The van der Waals surface area contributed by atoms with Gasteiger partial charge in [-0.1, -0.05) is 20.8 Å². The maximum atomic E-state index is 13.9. The number of nitro benzene ring substituents is 1. The predicted octanol–water partition coefficient (Wildman–Crippen LogP) is 3.88. The van der Waals surface area contributed by atoms with Crippen molar-refractivity contribution in [3.63, 3.8) is 0 Å². The average molecular weight is 428 g/mol. The van der Waals surface area contributed by atoms with Crippen LogP contribution in [0.5, 0.6) is 5.75 Å². The van der Waals surface area contributed by atoms with Gasteiger partial charge in [-0.2, -0.15) is 14.5 Å². The number of benzene rings is 1. The van der Waals surface area contributed by atoms with Gasteiger partial charge in [0.25, 0.3) is 0 Å². The minimum Gasteiger partial charge on any atom is -0.494 e. The van der Waals surface area contributed by atoms with Gasteiger partial charge in [0.15, 0.2) is 12.1 Å². The lowest BCUT2D eigenvalue weighted by atomic mass is 9.90. The largest absolute Gasteiger partial charge is 0.494 e. The van der Waals surface area contributed by atoms with Gasteiger partial charge in [0, 0.05) is 35.5 Å². The highest BCUT2D eigenvalue weighted by atomic mass is 19.1. The molecule has 1 aromatic carbocycles. The van der Waals surface area contributed by atoms with E-state index in [4.69, 9.17) is 4.74 Å². The van der Waals surface area contributed by atoms with Crippen molar-refractivity contribution in [2.45, 2.75) is 33.1 Å². The summed E-state index contributed by atoms with van der Waals surface area (Å²) >= 11 is 0. The Morgan fingerprint density at radius 3 is 2.58 bits per heavy atom. The number of carbonyl (C=O) groups excluding carboxylic acids is 1. The number of nitrogens with one attached hydrogen (secondary N) is 1. The van der Waals surface area contributed by atoms with E-state index in [0.29, 0.717) is 22.6 Å². The van der Waals surface area contributed by atoms with Gasteiger partial charge in [-0.25, -0.2) is 9.67 Å². The summed E-state index contributed by atoms with van der Waals surface area (Å²) in [6.45, 7) is 7.61. The normalized spacial score (nSPS) is 11.3. The van der Waals surface area contributed by atoms with E-state index in [1.54, 1.807) is 13.1 Å². The number of aromatic nitrogens is 4. The maximum Gasteiger partial charge on any atom is 0.307 e. The van der Waals surface area contributed by atoms with Crippen LogP contribution in [0.3, 0.4) is 0 Å². The quantitative estimate of drug-likeness (QED) is 0.356. The van der Waals surface area contributed by atoms with Crippen LogP contribution in [0.25, 0.3) is 5.82 Å². The third-order valence-electron chi connectivity index (χ3n) is 4.45. The molecule has 2 heterocycles. The fourth-order valence-corrected chi connectivity index (χ4v) is 2.96. The number of methoxy groups -OCH3 is 1. The number of carbonyl (C=O) groups is 1. The molecule has 11 heteroatoms. The van der Waals surface area contributed by atoms with Gasteiger partial charge in [-0.05, 0) is 6.92 Å². The van der Waals surface area contributed by atoms with Crippen LogP contribution in [0, 0.1) is 22.9 Å². The van der Waals surface area contributed by atoms with E-state index in [9.17, 15) is 19.3 Å². The molecule has 0 unspecified atom stereocenters. The number of aryl methyl sites for hydroxylation is 1. The number of anilines is 2. The monoisotopic (exact) mass is 428 g/mol. The molecule has 0 atom stereocenters. The van der Waals surface area contributed by atoms with E-state index in [-0.39, 0.29) is 22.8 Å². The zero-order valence-corrected chi connectivity index (χ0v) is 17.6. The topological polar surface area (TPSA) is 125 Å². The molecule has 0 spiro atoms. The van der Waals surface area contributed by atoms with Crippen LogP contribution in [-0.2, 0) is 5.41 Å². The highest BCUT2D eigenvalue weighted by molar-refractivity contribution is 5.77. The molecule has 0 fully saturated rings. The Balaban J connectivity index is 2.06. The smallest absolute Gasteiger partial charge is 0.307 e. The third kappa shape index (κ3) is 4.34. The molecule has 1 N–H and O–H groups in total.